The van der Waals surface area contributed by atoms with Crippen LogP contribution in [-0.4, -0.2) is 24.8 Å². The number of hydrogen-bond donors (Lipinski definition) is 0. The third-order valence-corrected chi connectivity index (χ3v) is 16.8. The van der Waals surface area contributed by atoms with Gasteiger partial charge in [-0.15, -0.1) is 0 Å². The van der Waals surface area contributed by atoms with E-state index in [0.717, 1.165) is 0 Å². The zero-order chi connectivity index (χ0) is 10.2. The molecule has 0 N–H and O–H groups in total. The monoisotopic (exact) mass is 264 g/mol. The minimum atomic E-state index is -1.29. The number of hydrogen-bond acceptors (Lipinski definition) is 1. The predicted octanol–water partition coefficient (Wildman–Crippen LogP) is 4.64. The Morgan fingerprint density at radius 2 is 1.46 bits per heavy atom. The molecule has 0 nitrogen and oxygen atoms in total. The summed E-state index contributed by atoms with van der Waals surface area (Å²) in [6.07, 6.45) is 1.49. The summed E-state index contributed by atoms with van der Waals surface area (Å²) in [6, 6.07) is 0. The molecule has 0 bridgehead atoms. The molecule has 0 unspecified atom stereocenters. The first-order chi connectivity index (χ1) is 6.24. The van der Waals surface area contributed by atoms with Crippen LogP contribution in [0.2, 0.25) is 21.0 Å². The Balaban J connectivity index is 3.68. The maximum absolute atomic E-state index is 2.43. The van der Waals surface area contributed by atoms with Crippen molar-refractivity contribution in [3.8, 4) is 0 Å². The van der Waals surface area contributed by atoms with Crippen LogP contribution < -0.4 is 0 Å². The van der Waals surface area contributed by atoms with Crippen LogP contribution in [0.1, 0.15) is 34.1 Å². The van der Waals surface area contributed by atoms with E-state index in [2.05, 4.69) is 39.5 Å². The van der Waals surface area contributed by atoms with Crippen molar-refractivity contribution in [3.63, 3.8) is 0 Å². The van der Waals surface area contributed by atoms with Crippen molar-refractivity contribution in [3.05, 3.63) is 0 Å². The van der Waals surface area contributed by atoms with Crippen molar-refractivity contribution in [2.45, 2.75) is 55.1 Å². The van der Waals surface area contributed by atoms with E-state index < -0.39 is 13.3 Å². The van der Waals surface area contributed by atoms with Crippen molar-refractivity contribution in [1.29, 1.82) is 0 Å². The third kappa shape index (κ3) is 5.36. The second kappa shape index (κ2) is 8.22. The summed E-state index contributed by atoms with van der Waals surface area (Å²) in [6.45, 7) is 9.55. The molecule has 0 radical (unpaired) electrons. The fourth-order valence-corrected chi connectivity index (χ4v) is 10.5. The molecule has 0 aliphatic carbocycles. The van der Waals surface area contributed by atoms with Crippen LogP contribution in [0, 0.1) is 0 Å². The summed E-state index contributed by atoms with van der Waals surface area (Å²) in [4.78, 5) is 0. The van der Waals surface area contributed by atoms with E-state index in [-0.39, 0.29) is 0 Å². The summed E-state index contributed by atoms with van der Waals surface area (Å²) < 4.78 is 0. The van der Waals surface area contributed by atoms with Crippen LogP contribution in [0.15, 0.2) is 0 Å². The Morgan fingerprint density at radius 1 is 0.923 bits per heavy atom. The first-order valence-electron chi connectivity index (χ1n) is 5.82. The molecular weight excluding hydrogens is 237 g/mol. The van der Waals surface area contributed by atoms with Crippen molar-refractivity contribution < 1.29 is 0 Å². The van der Waals surface area contributed by atoms with Crippen LogP contribution in [-0.2, 0) is 0 Å². The van der Waals surface area contributed by atoms with Crippen LogP contribution >= 0.6 is 11.8 Å². The zero-order valence-corrected chi connectivity index (χ0v) is 12.8. The van der Waals surface area contributed by atoms with Crippen LogP contribution in [0.3, 0.4) is 0 Å². The Bertz CT molecular complexity index is 102. The number of thioether (sulfide) groups is 1. The van der Waals surface area contributed by atoms with Crippen molar-refractivity contribution >= 4 is 25.0 Å². The Labute approximate surface area is 91.6 Å². The second-order valence-electron chi connectivity index (χ2n) is 3.86. The first-order valence-corrected chi connectivity index (χ1v) is 12.9. The SMILES string of the molecule is CCSCC[CH2][Ge]([CH2]C)([CH2]C)[CH2]C. The summed E-state index contributed by atoms with van der Waals surface area (Å²) in [7, 11) is 0. The summed E-state index contributed by atoms with van der Waals surface area (Å²) in [5, 5.41) is 6.26. The molecule has 0 saturated heterocycles. The van der Waals surface area contributed by atoms with Gasteiger partial charge in [-0.2, -0.15) is 0 Å². The Morgan fingerprint density at radius 3 is 1.85 bits per heavy atom. The molecule has 2 heteroatoms. The minimum absolute atomic E-state index is 1.29. The van der Waals surface area contributed by atoms with Gasteiger partial charge in [0, 0.05) is 0 Å². The van der Waals surface area contributed by atoms with E-state index in [1.165, 1.54) is 17.9 Å². The predicted molar refractivity (Wildman–Crippen MR) is 69.6 cm³/mol. The molecule has 0 aliphatic heterocycles. The van der Waals surface area contributed by atoms with Gasteiger partial charge in [0.05, 0.1) is 0 Å². The van der Waals surface area contributed by atoms with E-state index in [1.54, 1.807) is 21.0 Å². The molecule has 0 saturated carbocycles. The summed E-state index contributed by atoms with van der Waals surface area (Å²) >= 11 is 0.825. The summed E-state index contributed by atoms with van der Waals surface area (Å²) in [5.74, 6) is 2.70. The van der Waals surface area contributed by atoms with E-state index in [0.29, 0.717) is 0 Å². The average molecular weight is 263 g/mol. The molecule has 0 atom stereocenters. The standard InChI is InChI=1S/C11H26GeS/c1-5-12(6-2,7-3)10-9-11-13-8-4/h5-11H2,1-4H3. The molecule has 13 heavy (non-hydrogen) atoms. The molecule has 0 rings (SSSR count). The van der Waals surface area contributed by atoms with Gasteiger partial charge in [0.15, 0.2) is 0 Å². The van der Waals surface area contributed by atoms with Crippen LogP contribution in [0.4, 0.5) is 0 Å². The quantitative estimate of drug-likeness (QED) is 0.454. The van der Waals surface area contributed by atoms with Gasteiger partial charge < -0.3 is 0 Å². The normalized spacial score (nSPS) is 12.0. The van der Waals surface area contributed by atoms with Gasteiger partial charge in [-0.25, -0.2) is 0 Å². The van der Waals surface area contributed by atoms with Crippen LogP contribution in [0.5, 0.6) is 0 Å². The van der Waals surface area contributed by atoms with Crippen molar-refractivity contribution in [2.24, 2.45) is 0 Å². The molecule has 0 fully saturated rings. The van der Waals surface area contributed by atoms with E-state index in [9.17, 15) is 0 Å². The van der Waals surface area contributed by atoms with E-state index in [1.807, 2.05) is 0 Å². The average Bonchev–Trinajstić information content (AvgIpc) is 2.20. The van der Waals surface area contributed by atoms with Gasteiger partial charge >= 0.3 is 91.7 Å². The number of rotatable bonds is 8. The van der Waals surface area contributed by atoms with Gasteiger partial charge in [-0.1, -0.05) is 0 Å². The first kappa shape index (κ1) is 13.9. The molecular formula is C11H26GeS. The molecule has 0 aromatic rings. The van der Waals surface area contributed by atoms with Crippen molar-refractivity contribution in [2.75, 3.05) is 11.5 Å². The van der Waals surface area contributed by atoms with Gasteiger partial charge in [0.2, 0.25) is 0 Å². The third-order valence-electron chi connectivity index (χ3n) is 3.45. The Hall–Kier alpha value is 0.893. The Kier molecular flexibility index (Phi) is 8.79. The molecule has 0 aromatic heterocycles. The molecule has 0 aromatic carbocycles. The van der Waals surface area contributed by atoms with E-state index >= 15 is 0 Å². The maximum atomic E-state index is 2.43. The van der Waals surface area contributed by atoms with Crippen molar-refractivity contribution in [1.82, 2.24) is 0 Å². The van der Waals surface area contributed by atoms with Gasteiger partial charge in [-0.3, -0.25) is 0 Å². The molecule has 0 aliphatic rings. The van der Waals surface area contributed by atoms with Crippen LogP contribution in [0.25, 0.3) is 0 Å². The van der Waals surface area contributed by atoms with Gasteiger partial charge in [-0.05, 0) is 0 Å². The summed E-state index contributed by atoms with van der Waals surface area (Å²) in [5.41, 5.74) is 0. The second-order valence-corrected chi connectivity index (χ2v) is 17.0. The van der Waals surface area contributed by atoms with Gasteiger partial charge in [0.1, 0.15) is 0 Å². The zero-order valence-electron chi connectivity index (χ0n) is 9.86. The molecule has 0 spiro atoms. The fourth-order valence-electron chi connectivity index (χ4n) is 1.97. The molecule has 0 heterocycles. The fraction of sp³-hybridized carbons (Fsp3) is 1.00. The van der Waals surface area contributed by atoms with E-state index in [4.69, 9.17) is 0 Å². The topological polar surface area (TPSA) is 0 Å². The molecule has 0 amide bonds. The van der Waals surface area contributed by atoms with Gasteiger partial charge in [0.25, 0.3) is 0 Å². The molecule has 80 valence electrons.